The Hall–Kier alpha value is -1.91. The third kappa shape index (κ3) is 4.49. The monoisotopic (exact) mass is 407 g/mol. The normalized spacial score (nSPS) is 19.0. The molecule has 4 rings (SSSR count). The minimum Gasteiger partial charge on any atom is -0.305 e. The molecule has 1 saturated heterocycles. The molecule has 1 heterocycles. The molecule has 4 heteroatoms. The molecule has 3 nitrogen and oxygen atoms in total. The van der Waals surface area contributed by atoms with E-state index in [1.807, 2.05) is 0 Å². The Kier molecular flexibility index (Phi) is 6.51. The molecule has 0 radical (unpaired) electrons. The van der Waals surface area contributed by atoms with Gasteiger partial charge in [0.2, 0.25) is 0 Å². The Balaban J connectivity index is 1.64. The Morgan fingerprint density at radius 2 is 1.17 bits per heavy atom. The van der Waals surface area contributed by atoms with Gasteiger partial charge in [-0.25, -0.2) is 0 Å². The SMILES string of the molecule is CCc1ccc(N2CN(C3CCCCC3)CN(c3ccc(CC)cc3)C2=S)cc1. The van der Waals surface area contributed by atoms with Crippen molar-refractivity contribution in [2.45, 2.75) is 64.8 Å². The zero-order valence-electron chi connectivity index (χ0n) is 17.8. The highest BCUT2D eigenvalue weighted by Gasteiger charge is 2.33. The highest BCUT2D eigenvalue weighted by atomic mass is 32.1. The lowest BCUT2D eigenvalue weighted by Gasteiger charge is -2.48. The van der Waals surface area contributed by atoms with Gasteiger partial charge < -0.3 is 9.80 Å². The van der Waals surface area contributed by atoms with Crippen LogP contribution in [0.4, 0.5) is 11.4 Å². The molecule has 0 N–H and O–H groups in total. The summed E-state index contributed by atoms with van der Waals surface area (Å²) in [6.45, 7) is 6.18. The van der Waals surface area contributed by atoms with Crippen molar-refractivity contribution in [2.75, 3.05) is 23.1 Å². The zero-order chi connectivity index (χ0) is 20.2. The number of benzene rings is 2. The zero-order valence-corrected chi connectivity index (χ0v) is 18.6. The predicted molar refractivity (Wildman–Crippen MR) is 128 cm³/mol. The summed E-state index contributed by atoms with van der Waals surface area (Å²) in [4.78, 5) is 7.28. The van der Waals surface area contributed by atoms with Gasteiger partial charge in [0.05, 0.1) is 13.3 Å². The van der Waals surface area contributed by atoms with Crippen molar-refractivity contribution in [2.24, 2.45) is 0 Å². The van der Waals surface area contributed by atoms with Gasteiger partial charge in [0, 0.05) is 17.4 Å². The minimum absolute atomic E-state index is 0.654. The maximum absolute atomic E-state index is 6.01. The summed E-state index contributed by atoms with van der Waals surface area (Å²) in [5.41, 5.74) is 5.13. The number of thiocarbonyl (C=S) groups is 1. The Morgan fingerprint density at radius 1 is 0.724 bits per heavy atom. The van der Waals surface area contributed by atoms with E-state index in [2.05, 4.69) is 77.1 Å². The van der Waals surface area contributed by atoms with Crippen LogP contribution in [0.5, 0.6) is 0 Å². The average Bonchev–Trinajstić information content (AvgIpc) is 2.80. The molecule has 0 aromatic heterocycles. The lowest BCUT2D eigenvalue weighted by atomic mass is 9.94. The number of nitrogens with zero attached hydrogens (tertiary/aromatic N) is 3. The highest BCUT2D eigenvalue weighted by Crippen LogP contribution is 2.30. The molecule has 0 spiro atoms. The van der Waals surface area contributed by atoms with Crippen LogP contribution in [0.25, 0.3) is 0 Å². The predicted octanol–water partition coefficient (Wildman–Crippen LogP) is 5.97. The number of rotatable bonds is 5. The van der Waals surface area contributed by atoms with E-state index in [1.54, 1.807) is 0 Å². The molecule has 0 unspecified atom stereocenters. The number of hydrogen-bond acceptors (Lipinski definition) is 2. The fraction of sp³-hybridized carbons (Fsp3) is 0.480. The van der Waals surface area contributed by atoms with Crippen LogP contribution < -0.4 is 9.80 Å². The summed E-state index contributed by atoms with van der Waals surface area (Å²) in [6, 6.07) is 18.5. The van der Waals surface area contributed by atoms with Crippen molar-refractivity contribution in [3.8, 4) is 0 Å². The first-order valence-electron chi connectivity index (χ1n) is 11.2. The Bertz CT molecular complexity index is 749. The third-order valence-electron chi connectivity index (χ3n) is 6.51. The first-order chi connectivity index (χ1) is 14.2. The van der Waals surface area contributed by atoms with E-state index in [-0.39, 0.29) is 0 Å². The molecule has 2 fully saturated rings. The topological polar surface area (TPSA) is 9.72 Å². The minimum atomic E-state index is 0.654. The second-order valence-corrected chi connectivity index (χ2v) is 8.71. The molecule has 29 heavy (non-hydrogen) atoms. The lowest BCUT2D eigenvalue weighted by Crippen LogP contribution is -2.61. The number of hydrogen-bond donors (Lipinski definition) is 0. The molecular weight excluding hydrogens is 374 g/mol. The van der Waals surface area contributed by atoms with E-state index in [0.717, 1.165) is 31.3 Å². The smallest absolute Gasteiger partial charge is 0.182 e. The standard InChI is InChI=1S/C25H33N3S/c1-3-20-10-14-23(15-11-20)27-18-26(22-8-6-5-7-9-22)19-28(25(27)29)24-16-12-21(4-2)13-17-24/h10-17,22H,3-9,18-19H2,1-2H3. The number of anilines is 2. The van der Waals surface area contributed by atoms with Crippen LogP contribution in [0, 0.1) is 0 Å². The first kappa shape index (κ1) is 20.4. The van der Waals surface area contributed by atoms with Crippen LogP contribution in [0.2, 0.25) is 0 Å². The van der Waals surface area contributed by atoms with Crippen molar-refractivity contribution < 1.29 is 0 Å². The van der Waals surface area contributed by atoms with Gasteiger partial charge in [0.15, 0.2) is 5.11 Å². The van der Waals surface area contributed by atoms with E-state index in [9.17, 15) is 0 Å². The van der Waals surface area contributed by atoms with Gasteiger partial charge in [0.1, 0.15) is 0 Å². The fourth-order valence-electron chi connectivity index (χ4n) is 4.56. The van der Waals surface area contributed by atoms with E-state index >= 15 is 0 Å². The van der Waals surface area contributed by atoms with Crippen LogP contribution in [-0.4, -0.2) is 29.4 Å². The van der Waals surface area contributed by atoms with Gasteiger partial charge in [-0.15, -0.1) is 0 Å². The second-order valence-electron chi connectivity index (χ2n) is 8.34. The second kappa shape index (κ2) is 9.27. The summed E-state index contributed by atoms with van der Waals surface area (Å²) in [7, 11) is 0. The quantitative estimate of drug-likeness (QED) is 0.564. The molecule has 0 bridgehead atoms. The van der Waals surface area contributed by atoms with E-state index in [4.69, 9.17) is 12.2 Å². The van der Waals surface area contributed by atoms with Gasteiger partial charge in [-0.1, -0.05) is 57.4 Å². The van der Waals surface area contributed by atoms with Gasteiger partial charge >= 0.3 is 0 Å². The van der Waals surface area contributed by atoms with Crippen molar-refractivity contribution in [1.29, 1.82) is 0 Å². The summed E-state index contributed by atoms with van der Waals surface area (Å²) in [5.74, 6) is 0. The molecule has 2 aliphatic rings. The molecule has 2 aromatic carbocycles. The Morgan fingerprint density at radius 3 is 1.59 bits per heavy atom. The summed E-state index contributed by atoms with van der Waals surface area (Å²) < 4.78 is 0. The Labute approximate surface area is 181 Å². The average molecular weight is 408 g/mol. The van der Waals surface area contributed by atoms with Gasteiger partial charge in [-0.05, 0) is 73.3 Å². The van der Waals surface area contributed by atoms with Crippen molar-refractivity contribution >= 4 is 28.7 Å². The van der Waals surface area contributed by atoms with Gasteiger partial charge in [0.25, 0.3) is 0 Å². The van der Waals surface area contributed by atoms with Gasteiger partial charge in [-0.3, -0.25) is 4.90 Å². The van der Waals surface area contributed by atoms with Gasteiger partial charge in [-0.2, -0.15) is 0 Å². The van der Waals surface area contributed by atoms with Crippen LogP contribution >= 0.6 is 12.2 Å². The third-order valence-corrected chi connectivity index (χ3v) is 6.95. The molecule has 1 aliphatic carbocycles. The van der Waals surface area contributed by atoms with E-state index in [0.29, 0.717) is 6.04 Å². The molecule has 1 saturated carbocycles. The summed E-state index contributed by atoms with van der Waals surface area (Å²) in [6.07, 6.45) is 8.82. The molecule has 0 atom stereocenters. The summed E-state index contributed by atoms with van der Waals surface area (Å²) >= 11 is 6.01. The van der Waals surface area contributed by atoms with Crippen molar-refractivity contribution in [3.05, 3.63) is 59.7 Å². The molecule has 1 aliphatic heterocycles. The number of aryl methyl sites for hydroxylation is 2. The highest BCUT2D eigenvalue weighted by molar-refractivity contribution is 7.80. The van der Waals surface area contributed by atoms with Crippen LogP contribution in [-0.2, 0) is 12.8 Å². The molecular formula is C25H33N3S. The van der Waals surface area contributed by atoms with E-state index < -0.39 is 0 Å². The van der Waals surface area contributed by atoms with Crippen LogP contribution in [0.1, 0.15) is 57.1 Å². The lowest BCUT2D eigenvalue weighted by molar-refractivity contribution is 0.158. The van der Waals surface area contributed by atoms with Crippen LogP contribution in [0.3, 0.4) is 0 Å². The maximum Gasteiger partial charge on any atom is 0.182 e. The fourth-order valence-corrected chi connectivity index (χ4v) is 4.89. The largest absolute Gasteiger partial charge is 0.305 e. The van der Waals surface area contributed by atoms with Crippen molar-refractivity contribution in [3.63, 3.8) is 0 Å². The first-order valence-corrected chi connectivity index (χ1v) is 11.6. The van der Waals surface area contributed by atoms with Crippen molar-refractivity contribution in [1.82, 2.24) is 4.90 Å². The maximum atomic E-state index is 6.01. The molecule has 0 amide bonds. The van der Waals surface area contributed by atoms with E-state index in [1.165, 1.54) is 54.6 Å². The summed E-state index contributed by atoms with van der Waals surface area (Å²) in [5, 5.41) is 0.908. The van der Waals surface area contributed by atoms with Crippen LogP contribution in [0.15, 0.2) is 48.5 Å². The molecule has 154 valence electrons. The molecule has 2 aromatic rings.